The van der Waals surface area contributed by atoms with E-state index < -0.39 is 38.6 Å². The molecule has 2 amide bonds. The maximum absolute atomic E-state index is 14.0. The SMILES string of the molecule is NC(=O)Cc1csc(NC(=O)C2CCCN2S(=O)(=O)c2ccccc2F)n1. The minimum atomic E-state index is -4.15. The smallest absolute Gasteiger partial charge is 0.246 e. The number of amides is 2. The van der Waals surface area contributed by atoms with E-state index in [4.69, 9.17) is 5.73 Å². The van der Waals surface area contributed by atoms with Crippen LogP contribution in [0.15, 0.2) is 34.5 Å². The van der Waals surface area contributed by atoms with Gasteiger partial charge in [-0.25, -0.2) is 17.8 Å². The van der Waals surface area contributed by atoms with Gasteiger partial charge in [0, 0.05) is 11.9 Å². The number of hydrogen-bond donors (Lipinski definition) is 2. The summed E-state index contributed by atoms with van der Waals surface area (Å²) in [6.45, 7) is 0.125. The van der Waals surface area contributed by atoms with Gasteiger partial charge in [0.15, 0.2) is 5.13 Å². The highest BCUT2D eigenvalue weighted by Crippen LogP contribution is 2.28. The molecule has 3 rings (SSSR count). The van der Waals surface area contributed by atoms with Crippen LogP contribution in [-0.4, -0.2) is 42.1 Å². The van der Waals surface area contributed by atoms with Crippen molar-refractivity contribution in [1.82, 2.24) is 9.29 Å². The second kappa shape index (κ2) is 7.71. The Labute approximate surface area is 159 Å². The van der Waals surface area contributed by atoms with Crippen molar-refractivity contribution in [1.29, 1.82) is 0 Å². The van der Waals surface area contributed by atoms with Crippen LogP contribution >= 0.6 is 11.3 Å². The molecular weight excluding hydrogens is 395 g/mol. The average Bonchev–Trinajstić information content (AvgIpc) is 3.24. The summed E-state index contributed by atoms with van der Waals surface area (Å²) in [6, 6.07) is 4.10. The summed E-state index contributed by atoms with van der Waals surface area (Å²) in [5.74, 6) is -1.96. The second-order valence-corrected chi connectivity index (χ2v) is 8.70. The highest BCUT2D eigenvalue weighted by Gasteiger charge is 2.40. The van der Waals surface area contributed by atoms with Gasteiger partial charge >= 0.3 is 0 Å². The third-order valence-corrected chi connectivity index (χ3v) is 6.81. The molecule has 1 aliphatic heterocycles. The number of nitrogens with one attached hydrogen (secondary N) is 1. The summed E-state index contributed by atoms with van der Waals surface area (Å²) in [5.41, 5.74) is 5.52. The molecule has 2 aromatic rings. The van der Waals surface area contributed by atoms with E-state index in [0.29, 0.717) is 18.5 Å². The molecule has 0 saturated carbocycles. The fourth-order valence-electron chi connectivity index (χ4n) is 2.88. The number of nitrogens with two attached hydrogens (primary N) is 1. The lowest BCUT2D eigenvalue weighted by molar-refractivity contribution is -0.119. The Morgan fingerprint density at radius 1 is 1.37 bits per heavy atom. The molecule has 1 aromatic heterocycles. The molecule has 8 nitrogen and oxygen atoms in total. The quantitative estimate of drug-likeness (QED) is 0.736. The number of thiazole rings is 1. The van der Waals surface area contributed by atoms with Crippen molar-refractivity contribution in [3.63, 3.8) is 0 Å². The van der Waals surface area contributed by atoms with E-state index in [-0.39, 0.29) is 18.1 Å². The van der Waals surface area contributed by atoms with E-state index in [2.05, 4.69) is 10.3 Å². The number of benzene rings is 1. The molecule has 144 valence electrons. The predicted molar refractivity (Wildman–Crippen MR) is 97.0 cm³/mol. The summed E-state index contributed by atoms with van der Waals surface area (Å²) < 4.78 is 40.6. The highest BCUT2D eigenvalue weighted by atomic mass is 32.2. The monoisotopic (exact) mass is 412 g/mol. The summed E-state index contributed by atoms with van der Waals surface area (Å²) >= 11 is 1.11. The fraction of sp³-hybridized carbons (Fsp3) is 0.312. The first kappa shape index (κ1) is 19.4. The van der Waals surface area contributed by atoms with Crippen molar-refractivity contribution in [3.05, 3.63) is 41.2 Å². The van der Waals surface area contributed by atoms with E-state index in [0.717, 1.165) is 21.7 Å². The molecule has 1 saturated heterocycles. The van der Waals surface area contributed by atoms with Gasteiger partial charge in [0.25, 0.3) is 0 Å². The molecule has 0 spiro atoms. The van der Waals surface area contributed by atoms with Crippen LogP contribution in [-0.2, 0) is 26.0 Å². The van der Waals surface area contributed by atoms with Crippen molar-refractivity contribution in [2.75, 3.05) is 11.9 Å². The van der Waals surface area contributed by atoms with Crippen LogP contribution in [0.4, 0.5) is 9.52 Å². The maximum atomic E-state index is 14.0. The van der Waals surface area contributed by atoms with Crippen LogP contribution < -0.4 is 11.1 Å². The largest absolute Gasteiger partial charge is 0.369 e. The summed E-state index contributed by atoms with van der Waals surface area (Å²) in [6.07, 6.45) is 0.749. The van der Waals surface area contributed by atoms with E-state index in [1.807, 2.05) is 0 Å². The van der Waals surface area contributed by atoms with Crippen LogP contribution in [0.2, 0.25) is 0 Å². The molecule has 1 aliphatic rings. The first-order valence-electron chi connectivity index (χ1n) is 8.09. The van der Waals surface area contributed by atoms with E-state index in [1.54, 1.807) is 5.38 Å². The predicted octanol–water partition coefficient (Wildman–Crippen LogP) is 1.10. The number of sulfonamides is 1. The second-order valence-electron chi connectivity index (χ2n) is 5.98. The molecule has 1 atom stereocenters. The van der Waals surface area contributed by atoms with Gasteiger partial charge in [-0.3, -0.25) is 9.59 Å². The molecule has 1 fully saturated rings. The van der Waals surface area contributed by atoms with E-state index >= 15 is 0 Å². The lowest BCUT2D eigenvalue weighted by atomic mass is 10.2. The van der Waals surface area contributed by atoms with Gasteiger partial charge in [0.1, 0.15) is 16.8 Å². The Morgan fingerprint density at radius 2 is 2.11 bits per heavy atom. The highest BCUT2D eigenvalue weighted by molar-refractivity contribution is 7.89. The van der Waals surface area contributed by atoms with E-state index in [9.17, 15) is 22.4 Å². The Morgan fingerprint density at radius 3 is 2.81 bits per heavy atom. The normalized spacial score (nSPS) is 17.7. The van der Waals surface area contributed by atoms with Gasteiger partial charge in [0.2, 0.25) is 21.8 Å². The van der Waals surface area contributed by atoms with Gasteiger partial charge in [-0.15, -0.1) is 11.3 Å². The Balaban J connectivity index is 1.78. The molecule has 2 heterocycles. The molecule has 27 heavy (non-hydrogen) atoms. The molecule has 1 aromatic carbocycles. The summed E-state index contributed by atoms with van der Waals surface area (Å²) in [5, 5.41) is 4.39. The number of anilines is 1. The van der Waals surface area contributed by atoms with Crippen molar-refractivity contribution in [3.8, 4) is 0 Å². The number of primary amides is 1. The maximum Gasteiger partial charge on any atom is 0.246 e. The zero-order valence-corrected chi connectivity index (χ0v) is 15.7. The van der Waals surface area contributed by atoms with Crippen molar-refractivity contribution in [2.45, 2.75) is 30.2 Å². The number of halogens is 1. The summed E-state index contributed by atoms with van der Waals surface area (Å²) in [7, 11) is -4.15. The van der Waals surface area contributed by atoms with Gasteiger partial charge in [-0.2, -0.15) is 4.31 Å². The molecule has 1 unspecified atom stereocenters. The van der Waals surface area contributed by atoms with Gasteiger partial charge < -0.3 is 11.1 Å². The van der Waals surface area contributed by atoms with Crippen molar-refractivity contribution < 1.29 is 22.4 Å². The molecule has 0 radical (unpaired) electrons. The fourth-order valence-corrected chi connectivity index (χ4v) is 5.32. The third kappa shape index (κ3) is 4.15. The first-order valence-corrected chi connectivity index (χ1v) is 10.4. The molecule has 3 N–H and O–H groups in total. The standard InChI is InChI=1S/C16H17FN4O4S2/c17-11-4-1-2-6-13(11)27(24,25)21-7-3-5-12(21)15(23)20-16-19-10(9-26-16)8-14(18)22/h1-2,4,6,9,12H,3,5,7-8H2,(H2,18,22)(H,19,20,23). The number of rotatable bonds is 6. The topological polar surface area (TPSA) is 122 Å². The molecular formula is C16H17FN4O4S2. The number of carbonyl (C=O) groups is 2. The molecule has 0 bridgehead atoms. The van der Waals surface area contributed by atoms with Crippen LogP contribution in [0.5, 0.6) is 0 Å². The lowest BCUT2D eigenvalue weighted by Crippen LogP contribution is -2.43. The van der Waals surface area contributed by atoms with Crippen LogP contribution in [0.1, 0.15) is 18.5 Å². The zero-order valence-electron chi connectivity index (χ0n) is 14.1. The minimum absolute atomic E-state index is 0.0520. The summed E-state index contributed by atoms with van der Waals surface area (Å²) in [4.78, 5) is 27.1. The van der Waals surface area contributed by atoms with Gasteiger partial charge in [0.05, 0.1) is 12.1 Å². The minimum Gasteiger partial charge on any atom is -0.369 e. The van der Waals surface area contributed by atoms with Crippen LogP contribution in [0, 0.1) is 5.82 Å². The number of aromatic nitrogens is 1. The zero-order chi connectivity index (χ0) is 19.6. The third-order valence-electron chi connectivity index (χ3n) is 4.07. The molecule has 11 heteroatoms. The van der Waals surface area contributed by atoms with Crippen molar-refractivity contribution >= 4 is 38.3 Å². The lowest BCUT2D eigenvalue weighted by Gasteiger charge is -2.23. The van der Waals surface area contributed by atoms with E-state index in [1.165, 1.54) is 18.2 Å². The number of hydrogen-bond acceptors (Lipinski definition) is 6. The Bertz CT molecular complexity index is 976. The van der Waals surface area contributed by atoms with Crippen LogP contribution in [0.3, 0.4) is 0 Å². The Kier molecular flexibility index (Phi) is 5.53. The Hall–Kier alpha value is -2.37. The van der Waals surface area contributed by atoms with Crippen LogP contribution in [0.25, 0.3) is 0 Å². The molecule has 0 aliphatic carbocycles. The van der Waals surface area contributed by atoms with Gasteiger partial charge in [-0.05, 0) is 25.0 Å². The van der Waals surface area contributed by atoms with Gasteiger partial charge in [-0.1, -0.05) is 12.1 Å². The average molecular weight is 412 g/mol. The first-order chi connectivity index (χ1) is 12.8. The van der Waals surface area contributed by atoms with Crippen molar-refractivity contribution in [2.24, 2.45) is 5.73 Å². The number of nitrogens with zero attached hydrogens (tertiary/aromatic N) is 2. The number of carbonyl (C=O) groups excluding carboxylic acids is 2.